The molecule has 1 N–H and O–H groups in total. The maximum absolute atomic E-state index is 12.7. The minimum atomic E-state index is 0.0974. The highest BCUT2D eigenvalue weighted by atomic mass is 16.4. The van der Waals surface area contributed by atoms with E-state index < -0.39 is 0 Å². The molecular formula is C23H30N6O2. The molecule has 0 bridgehead atoms. The van der Waals surface area contributed by atoms with Gasteiger partial charge in [-0.25, -0.2) is 0 Å². The Bertz CT molecular complexity index is 990. The average Bonchev–Trinajstić information content (AvgIpc) is 3.11. The predicted octanol–water partition coefficient (Wildman–Crippen LogP) is 3.33. The lowest BCUT2D eigenvalue weighted by atomic mass is 9.84. The second-order valence-corrected chi connectivity index (χ2v) is 8.80. The Morgan fingerprint density at radius 2 is 2.10 bits per heavy atom. The first-order chi connectivity index (χ1) is 14.9. The number of hydrogen-bond donors (Lipinski definition) is 1. The zero-order valence-corrected chi connectivity index (χ0v) is 18.5. The van der Waals surface area contributed by atoms with Gasteiger partial charge in [-0.3, -0.25) is 9.69 Å². The zero-order valence-electron chi connectivity index (χ0n) is 18.5. The van der Waals surface area contributed by atoms with Crippen molar-refractivity contribution in [3.63, 3.8) is 0 Å². The number of rotatable bonds is 6. The fourth-order valence-electron chi connectivity index (χ4n) is 4.42. The molecule has 1 saturated carbocycles. The number of aromatic nitrogens is 2. The highest BCUT2D eigenvalue weighted by molar-refractivity contribution is 5.80. The molecule has 1 amide bonds. The maximum Gasteiger partial charge on any atom is 0.320 e. The third-order valence-electron chi connectivity index (χ3n) is 6.44. The van der Waals surface area contributed by atoms with E-state index in [1.54, 1.807) is 0 Å². The van der Waals surface area contributed by atoms with Crippen molar-refractivity contribution < 1.29 is 9.21 Å². The smallest absolute Gasteiger partial charge is 0.320 e. The van der Waals surface area contributed by atoms with Gasteiger partial charge in [0, 0.05) is 43.8 Å². The van der Waals surface area contributed by atoms with Gasteiger partial charge in [0.15, 0.2) is 0 Å². The largest absolute Gasteiger partial charge is 0.407 e. The number of amides is 1. The Morgan fingerprint density at radius 1 is 1.29 bits per heavy atom. The van der Waals surface area contributed by atoms with Crippen LogP contribution in [0.4, 0.5) is 11.7 Å². The maximum atomic E-state index is 12.7. The van der Waals surface area contributed by atoms with Gasteiger partial charge in [0.2, 0.25) is 11.8 Å². The van der Waals surface area contributed by atoms with E-state index in [2.05, 4.69) is 58.2 Å². The van der Waals surface area contributed by atoms with Gasteiger partial charge in [0.25, 0.3) is 0 Å². The highest BCUT2D eigenvalue weighted by Gasteiger charge is 2.34. The fourth-order valence-corrected chi connectivity index (χ4v) is 4.42. The first-order valence-corrected chi connectivity index (χ1v) is 11.0. The first kappa shape index (κ1) is 21.3. The molecule has 4 rings (SSSR count). The standard InChI is InChI=1S/C23H30N6O2/c1-15-11-19(17(3)20(12-15)25-23-27-26-21(31-23)7-8-24)14-28-9-10-29(16(2)13-28)22(30)18-5-4-6-18/h11-12,16,18H,4-7,9-10,13-14H2,1-3H3,(H,25,27)/t16-/m0/s1. The monoisotopic (exact) mass is 422 g/mol. The number of piperazine rings is 1. The lowest BCUT2D eigenvalue weighted by molar-refractivity contribution is -0.142. The second kappa shape index (κ2) is 9.06. The third-order valence-corrected chi connectivity index (χ3v) is 6.44. The number of carbonyl (C=O) groups excluding carboxylic acids is 1. The first-order valence-electron chi connectivity index (χ1n) is 11.0. The molecule has 0 radical (unpaired) electrons. The van der Waals surface area contributed by atoms with Crippen LogP contribution >= 0.6 is 0 Å². The summed E-state index contributed by atoms with van der Waals surface area (Å²) in [5, 5.41) is 19.8. The molecule has 2 aliphatic rings. The highest BCUT2D eigenvalue weighted by Crippen LogP contribution is 2.30. The van der Waals surface area contributed by atoms with Gasteiger partial charge >= 0.3 is 6.01 Å². The van der Waals surface area contributed by atoms with Crippen LogP contribution in [-0.2, 0) is 17.8 Å². The molecule has 2 heterocycles. The van der Waals surface area contributed by atoms with Gasteiger partial charge in [-0.15, -0.1) is 5.10 Å². The van der Waals surface area contributed by atoms with Gasteiger partial charge in [-0.05, 0) is 56.4 Å². The number of aryl methyl sites for hydroxylation is 1. The lowest BCUT2D eigenvalue weighted by Crippen LogP contribution is -2.55. The summed E-state index contributed by atoms with van der Waals surface area (Å²) in [6.45, 7) is 9.73. The van der Waals surface area contributed by atoms with E-state index in [4.69, 9.17) is 9.68 Å². The number of anilines is 2. The Balaban J connectivity index is 1.42. The third kappa shape index (κ3) is 4.72. The number of carbonyl (C=O) groups is 1. The number of nitriles is 1. The van der Waals surface area contributed by atoms with Crippen molar-refractivity contribution in [3.8, 4) is 6.07 Å². The summed E-state index contributed by atoms with van der Waals surface area (Å²) in [5.41, 5.74) is 4.44. The number of nitrogens with zero attached hydrogens (tertiary/aromatic N) is 5. The van der Waals surface area contributed by atoms with Gasteiger partial charge < -0.3 is 14.6 Å². The number of nitrogens with one attached hydrogen (secondary N) is 1. The Hall–Kier alpha value is -2.92. The van der Waals surface area contributed by atoms with Gasteiger partial charge in [0.1, 0.15) is 6.42 Å². The van der Waals surface area contributed by atoms with Gasteiger partial charge in [0.05, 0.1) is 6.07 Å². The molecule has 31 heavy (non-hydrogen) atoms. The second-order valence-electron chi connectivity index (χ2n) is 8.80. The van der Waals surface area contributed by atoms with Crippen molar-refractivity contribution in [1.82, 2.24) is 20.0 Å². The van der Waals surface area contributed by atoms with Crippen LogP contribution in [-0.4, -0.2) is 51.6 Å². The molecule has 1 saturated heterocycles. The topological polar surface area (TPSA) is 98.3 Å². The van der Waals surface area contributed by atoms with Crippen LogP contribution in [0.3, 0.4) is 0 Å². The van der Waals surface area contributed by atoms with E-state index in [9.17, 15) is 4.79 Å². The molecular weight excluding hydrogens is 392 g/mol. The van der Waals surface area contributed by atoms with E-state index >= 15 is 0 Å². The SMILES string of the molecule is Cc1cc(CN2CCN(C(=O)C3CCC3)[C@@H](C)C2)c(C)c(Nc2nnc(CC#N)o2)c1. The van der Waals surface area contributed by atoms with Gasteiger partial charge in [-0.1, -0.05) is 17.6 Å². The minimum absolute atomic E-state index is 0.0974. The molecule has 1 atom stereocenters. The molecule has 164 valence electrons. The lowest BCUT2D eigenvalue weighted by Gasteiger charge is -2.42. The van der Waals surface area contributed by atoms with E-state index in [1.807, 2.05) is 6.07 Å². The van der Waals surface area contributed by atoms with Crippen LogP contribution in [0.5, 0.6) is 0 Å². The zero-order chi connectivity index (χ0) is 22.0. The van der Waals surface area contributed by atoms with E-state index in [0.29, 0.717) is 17.8 Å². The Labute approximate surface area is 183 Å². The van der Waals surface area contributed by atoms with Gasteiger partial charge in [-0.2, -0.15) is 5.26 Å². The molecule has 1 aromatic heterocycles. The summed E-state index contributed by atoms with van der Waals surface area (Å²) in [4.78, 5) is 17.2. The molecule has 8 nitrogen and oxygen atoms in total. The van der Waals surface area contributed by atoms with Crippen molar-refractivity contribution in [1.29, 1.82) is 5.26 Å². The van der Waals surface area contributed by atoms with Crippen LogP contribution in [0.2, 0.25) is 0 Å². The van der Waals surface area contributed by atoms with Crippen LogP contribution in [0.1, 0.15) is 48.8 Å². The molecule has 1 aliphatic heterocycles. The molecule has 1 aromatic carbocycles. The quantitative estimate of drug-likeness (QED) is 0.762. The summed E-state index contributed by atoms with van der Waals surface area (Å²) < 4.78 is 5.49. The van der Waals surface area contributed by atoms with Crippen LogP contribution in [0.25, 0.3) is 0 Å². The van der Waals surface area contributed by atoms with Crippen LogP contribution in [0.15, 0.2) is 16.5 Å². The number of hydrogen-bond acceptors (Lipinski definition) is 7. The number of benzene rings is 1. The molecule has 2 aromatic rings. The van der Waals surface area contributed by atoms with E-state index in [0.717, 1.165) is 55.8 Å². The molecule has 0 spiro atoms. The minimum Gasteiger partial charge on any atom is -0.407 e. The van der Waals surface area contributed by atoms with Crippen molar-refractivity contribution in [2.75, 3.05) is 25.0 Å². The summed E-state index contributed by atoms with van der Waals surface area (Å²) in [6, 6.07) is 6.81. The summed E-state index contributed by atoms with van der Waals surface area (Å²) >= 11 is 0. The van der Waals surface area contributed by atoms with Crippen molar-refractivity contribution >= 4 is 17.6 Å². The molecule has 0 unspecified atom stereocenters. The fraction of sp³-hybridized carbons (Fsp3) is 0.565. The predicted molar refractivity (Wildman–Crippen MR) is 117 cm³/mol. The van der Waals surface area contributed by atoms with Crippen molar-refractivity contribution in [2.45, 2.75) is 59.0 Å². The van der Waals surface area contributed by atoms with E-state index in [1.165, 1.54) is 12.0 Å². The molecule has 1 aliphatic carbocycles. The summed E-state index contributed by atoms with van der Waals surface area (Å²) in [7, 11) is 0. The Morgan fingerprint density at radius 3 is 2.77 bits per heavy atom. The van der Waals surface area contributed by atoms with Crippen LogP contribution in [0, 0.1) is 31.1 Å². The Kier molecular flexibility index (Phi) is 6.23. The normalized spacial score (nSPS) is 19.7. The van der Waals surface area contributed by atoms with Crippen molar-refractivity contribution in [3.05, 3.63) is 34.7 Å². The molecule has 8 heteroatoms. The van der Waals surface area contributed by atoms with Crippen molar-refractivity contribution in [2.24, 2.45) is 5.92 Å². The summed E-state index contributed by atoms with van der Waals surface area (Å²) in [6.07, 6.45) is 3.40. The average molecular weight is 423 g/mol. The summed E-state index contributed by atoms with van der Waals surface area (Å²) in [5.74, 6) is 0.922. The molecule has 2 fully saturated rings. The van der Waals surface area contributed by atoms with Crippen LogP contribution < -0.4 is 5.32 Å². The van der Waals surface area contributed by atoms with E-state index in [-0.39, 0.29) is 18.4 Å².